The third-order valence-corrected chi connectivity index (χ3v) is 2.86. The highest BCUT2D eigenvalue weighted by Crippen LogP contribution is 2.28. The lowest BCUT2D eigenvalue weighted by atomic mass is 9.95. The predicted octanol–water partition coefficient (Wildman–Crippen LogP) is 2.92. The Bertz CT molecular complexity index is 371. The third-order valence-electron chi connectivity index (χ3n) is 2.86. The fraction of sp³-hybridized carbons (Fsp3) is 0.462. The van der Waals surface area contributed by atoms with Gasteiger partial charge in [0.05, 0.1) is 0 Å². The third kappa shape index (κ3) is 3.26. The van der Waals surface area contributed by atoms with E-state index in [2.05, 4.69) is 13.8 Å². The molecule has 0 saturated heterocycles. The van der Waals surface area contributed by atoms with Gasteiger partial charge in [0.2, 0.25) is 0 Å². The molecule has 0 bridgehead atoms. The molecule has 0 fully saturated rings. The molecule has 88 valence electrons. The molecule has 3 heteroatoms. The summed E-state index contributed by atoms with van der Waals surface area (Å²) in [5.74, 6) is -0.198. The first-order valence-electron chi connectivity index (χ1n) is 5.58. The van der Waals surface area contributed by atoms with Gasteiger partial charge in [-0.15, -0.1) is 0 Å². The molecule has 0 aliphatic rings. The molecule has 16 heavy (non-hydrogen) atoms. The van der Waals surface area contributed by atoms with E-state index in [1.54, 1.807) is 12.1 Å². The first-order valence-corrected chi connectivity index (χ1v) is 5.58. The normalized spacial score (nSPS) is 12.4. The molecule has 0 radical (unpaired) electrons. The van der Waals surface area contributed by atoms with Crippen LogP contribution in [0.5, 0.6) is 5.75 Å². The summed E-state index contributed by atoms with van der Waals surface area (Å²) in [7, 11) is 0. The summed E-state index contributed by atoms with van der Waals surface area (Å²) in [4.78, 5) is 10.5. The van der Waals surface area contributed by atoms with Gasteiger partial charge in [0, 0.05) is 6.42 Å². The summed E-state index contributed by atoms with van der Waals surface area (Å²) in [6.07, 6.45) is 1.60. The Hall–Kier alpha value is -1.51. The fourth-order valence-corrected chi connectivity index (χ4v) is 1.63. The topological polar surface area (TPSA) is 57.5 Å². The molecule has 1 atom stereocenters. The molecule has 1 aromatic carbocycles. The summed E-state index contributed by atoms with van der Waals surface area (Å²) in [6.45, 7) is 4.12. The van der Waals surface area contributed by atoms with Crippen molar-refractivity contribution < 1.29 is 15.0 Å². The Morgan fingerprint density at radius 3 is 2.69 bits per heavy atom. The molecule has 1 rings (SSSR count). The lowest BCUT2D eigenvalue weighted by molar-refractivity contribution is -0.136. The number of hydrogen-bond donors (Lipinski definition) is 2. The van der Waals surface area contributed by atoms with E-state index in [0.717, 1.165) is 17.5 Å². The van der Waals surface area contributed by atoms with Crippen molar-refractivity contribution in [3.05, 3.63) is 29.3 Å². The van der Waals surface area contributed by atoms with Gasteiger partial charge in [-0.05, 0) is 36.0 Å². The maximum absolute atomic E-state index is 10.5. The molecule has 3 nitrogen and oxygen atoms in total. The molecular weight excluding hydrogens is 204 g/mol. The quantitative estimate of drug-likeness (QED) is 0.805. The van der Waals surface area contributed by atoms with Gasteiger partial charge in [0.15, 0.2) is 0 Å². The zero-order valence-corrected chi connectivity index (χ0v) is 9.73. The smallest absolute Gasteiger partial charge is 0.303 e. The van der Waals surface area contributed by atoms with Crippen molar-refractivity contribution in [1.82, 2.24) is 0 Å². The minimum Gasteiger partial charge on any atom is -0.508 e. The van der Waals surface area contributed by atoms with Crippen LogP contribution in [0, 0.1) is 0 Å². The van der Waals surface area contributed by atoms with E-state index in [9.17, 15) is 9.90 Å². The van der Waals surface area contributed by atoms with Crippen LogP contribution in [0.4, 0.5) is 0 Å². The van der Waals surface area contributed by atoms with Crippen LogP contribution in [-0.4, -0.2) is 16.2 Å². The maximum atomic E-state index is 10.5. The van der Waals surface area contributed by atoms with E-state index in [4.69, 9.17) is 5.11 Å². The molecule has 0 aliphatic heterocycles. The largest absolute Gasteiger partial charge is 0.508 e. The molecule has 0 heterocycles. The maximum Gasteiger partial charge on any atom is 0.303 e. The second-order valence-corrected chi connectivity index (χ2v) is 4.10. The van der Waals surface area contributed by atoms with Crippen LogP contribution in [-0.2, 0) is 11.2 Å². The standard InChI is InChI=1S/C13H18O3/c1-3-9(2)11-8-10(4-6-12(11)14)5-7-13(15)16/h4,6,8-9,14H,3,5,7H2,1-2H3,(H,15,16). The number of aliphatic carboxylic acids is 1. The number of aromatic hydroxyl groups is 1. The van der Waals surface area contributed by atoms with Crippen LogP contribution in [0.15, 0.2) is 18.2 Å². The van der Waals surface area contributed by atoms with Crippen LogP contribution in [0.2, 0.25) is 0 Å². The van der Waals surface area contributed by atoms with Gasteiger partial charge in [0.1, 0.15) is 5.75 Å². The van der Waals surface area contributed by atoms with Gasteiger partial charge < -0.3 is 10.2 Å². The molecule has 0 aliphatic carbocycles. The minimum atomic E-state index is -0.793. The van der Waals surface area contributed by atoms with Crippen LogP contribution >= 0.6 is 0 Å². The number of hydrogen-bond acceptors (Lipinski definition) is 2. The van der Waals surface area contributed by atoms with Crippen LogP contribution in [0.25, 0.3) is 0 Å². The van der Waals surface area contributed by atoms with Crippen molar-refractivity contribution in [2.24, 2.45) is 0 Å². The molecule has 1 aromatic rings. The first kappa shape index (κ1) is 12.6. The summed E-state index contributed by atoms with van der Waals surface area (Å²) in [5.41, 5.74) is 1.88. The molecular formula is C13H18O3. The van der Waals surface area contributed by atoms with E-state index >= 15 is 0 Å². The highest BCUT2D eigenvalue weighted by molar-refractivity contribution is 5.67. The fourth-order valence-electron chi connectivity index (χ4n) is 1.63. The highest BCUT2D eigenvalue weighted by atomic mass is 16.4. The van der Waals surface area contributed by atoms with Crippen molar-refractivity contribution in [2.45, 2.75) is 39.0 Å². The van der Waals surface area contributed by atoms with E-state index in [1.807, 2.05) is 6.07 Å². The van der Waals surface area contributed by atoms with Gasteiger partial charge in [-0.25, -0.2) is 0 Å². The number of aryl methyl sites for hydroxylation is 1. The van der Waals surface area contributed by atoms with E-state index in [-0.39, 0.29) is 6.42 Å². The molecule has 0 aromatic heterocycles. The van der Waals surface area contributed by atoms with Gasteiger partial charge in [-0.1, -0.05) is 26.0 Å². The second kappa shape index (κ2) is 5.54. The van der Waals surface area contributed by atoms with Crippen LogP contribution < -0.4 is 0 Å². The zero-order chi connectivity index (χ0) is 12.1. The van der Waals surface area contributed by atoms with Gasteiger partial charge in [0.25, 0.3) is 0 Å². The summed E-state index contributed by atoms with van der Waals surface area (Å²) >= 11 is 0. The summed E-state index contributed by atoms with van der Waals surface area (Å²) < 4.78 is 0. The number of carbonyl (C=O) groups is 1. The lowest BCUT2D eigenvalue weighted by Gasteiger charge is -2.12. The lowest BCUT2D eigenvalue weighted by Crippen LogP contribution is -1.99. The Kier molecular flexibility index (Phi) is 4.35. The Balaban J connectivity index is 2.85. The van der Waals surface area contributed by atoms with Crippen molar-refractivity contribution >= 4 is 5.97 Å². The SMILES string of the molecule is CCC(C)c1cc(CCC(=O)O)ccc1O. The number of benzene rings is 1. The average molecular weight is 222 g/mol. The Morgan fingerprint density at radius 2 is 2.12 bits per heavy atom. The van der Waals surface area contributed by atoms with Crippen molar-refractivity contribution in [2.75, 3.05) is 0 Å². The number of phenols is 1. The monoisotopic (exact) mass is 222 g/mol. The summed E-state index contributed by atoms with van der Waals surface area (Å²) in [6, 6.07) is 5.34. The molecule has 1 unspecified atom stereocenters. The Labute approximate surface area is 95.7 Å². The second-order valence-electron chi connectivity index (χ2n) is 4.10. The number of carboxylic acid groups (broad SMARTS) is 1. The van der Waals surface area contributed by atoms with E-state index < -0.39 is 5.97 Å². The zero-order valence-electron chi connectivity index (χ0n) is 9.73. The van der Waals surface area contributed by atoms with Crippen LogP contribution in [0.1, 0.15) is 43.7 Å². The van der Waals surface area contributed by atoms with Gasteiger partial charge >= 0.3 is 5.97 Å². The highest BCUT2D eigenvalue weighted by Gasteiger charge is 2.09. The predicted molar refractivity (Wildman–Crippen MR) is 62.8 cm³/mol. The number of phenolic OH excluding ortho intramolecular Hbond substituents is 1. The van der Waals surface area contributed by atoms with Gasteiger partial charge in [-0.2, -0.15) is 0 Å². The van der Waals surface area contributed by atoms with Crippen molar-refractivity contribution in [3.8, 4) is 5.75 Å². The van der Waals surface area contributed by atoms with Crippen molar-refractivity contribution in [1.29, 1.82) is 0 Å². The average Bonchev–Trinajstić information content (AvgIpc) is 2.27. The molecule has 0 spiro atoms. The summed E-state index contributed by atoms with van der Waals surface area (Å²) in [5, 5.41) is 18.3. The van der Waals surface area contributed by atoms with Crippen LogP contribution in [0.3, 0.4) is 0 Å². The molecule has 0 saturated carbocycles. The Morgan fingerprint density at radius 1 is 1.44 bits per heavy atom. The van der Waals surface area contributed by atoms with E-state index in [1.165, 1.54) is 0 Å². The molecule has 2 N–H and O–H groups in total. The van der Waals surface area contributed by atoms with E-state index in [0.29, 0.717) is 18.1 Å². The van der Waals surface area contributed by atoms with Gasteiger partial charge in [-0.3, -0.25) is 4.79 Å². The van der Waals surface area contributed by atoms with Crippen molar-refractivity contribution in [3.63, 3.8) is 0 Å². The first-order chi connectivity index (χ1) is 7.54. The number of rotatable bonds is 5. The number of carboxylic acids is 1. The minimum absolute atomic E-state index is 0.130. The molecule has 0 amide bonds.